The highest BCUT2D eigenvalue weighted by molar-refractivity contribution is 7.80. The Labute approximate surface area is 139 Å². The lowest BCUT2D eigenvalue weighted by molar-refractivity contribution is 0.0284. The third-order valence-corrected chi connectivity index (χ3v) is 6.83. The SMILES string of the molecule is CC1[C@H]2Cc3ccc(C(N)=S)cc3[C@]1(C)CCN2CC1CC1. The Bertz CT molecular complexity index is 622. The molecule has 1 heterocycles. The molecule has 1 saturated carbocycles. The zero-order chi connectivity index (χ0) is 15.5. The maximum Gasteiger partial charge on any atom is 0.103 e. The summed E-state index contributed by atoms with van der Waals surface area (Å²) in [5.74, 6) is 1.68. The second-order valence-electron chi connectivity index (χ2n) is 7.90. The van der Waals surface area contributed by atoms with Crippen molar-refractivity contribution in [1.29, 1.82) is 0 Å². The van der Waals surface area contributed by atoms with Crippen molar-refractivity contribution in [2.45, 2.75) is 51.0 Å². The Morgan fingerprint density at radius 3 is 2.86 bits per heavy atom. The van der Waals surface area contributed by atoms with Crippen molar-refractivity contribution in [3.63, 3.8) is 0 Å². The van der Waals surface area contributed by atoms with E-state index in [0.717, 1.165) is 11.5 Å². The number of nitrogens with two attached hydrogens (primary N) is 1. The van der Waals surface area contributed by atoms with E-state index in [4.69, 9.17) is 18.0 Å². The minimum Gasteiger partial charge on any atom is -0.389 e. The molecule has 2 nitrogen and oxygen atoms in total. The normalized spacial score (nSPS) is 34.3. The van der Waals surface area contributed by atoms with Crippen LogP contribution in [0.15, 0.2) is 18.2 Å². The average Bonchev–Trinajstić information content (AvgIpc) is 3.29. The highest BCUT2D eigenvalue weighted by Gasteiger charge is 2.48. The van der Waals surface area contributed by atoms with E-state index in [0.29, 0.717) is 16.9 Å². The van der Waals surface area contributed by atoms with Gasteiger partial charge < -0.3 is 5.73 Å². The maximum absolute atomic E-state index is 5.86. The molecule has 3 aliphatic rings. The van der Waals surface area contributed by atoms with Crippen molar-refractivity contribution in [3.05, 3.63) is 34.9 Å². The number of benzene rings is 1. The van der Waals surface area contributed by atoms with Crippen LogP contribution in [-0.4, -0.2) is 29.0 Å². The average molecular weight is 314 g/mol. The minimum atomic E-state index is 0.277. The van der Waals surface area contributed by atoms with Crippen LogP contribution in [-0.2, 0) is 11.8 Å². The van der Waals surface area contributed by atoms with Crippen LogP contribution in [0.25, 0.3) is 0 Å². The highest BCUT2D eigenvalue weighted by Crippen LogP contribution is 2.49. The van der Waals surface area contributed by atoms with Gasteiger partial charge in [-0.2, -0.15) is 0 Å². The van der Waals surface area contributed by atoms with E-state index in [1.54, 1.807) is 0 Å². The highest BCUT2D eigenvalue weighted by atomic mass is 32.1. The van der Waals surface area contributed by atoms with E-state index in [1.165, 1.54) is 49.9 Å². The molecule has 1 aromatic rings. The monoisotopic (exact) mass is 314 g/mol. The third kappa shape index (κ3) is 2.21. The van der Waals surface area contributed by atoms with Gasteiger partial charge in [0.15, 0.2) is 0 Å². The number of hydrogen-bond acceptors (Lipinski definition) is 2. The molecule has 2 fully saturated rings. The summed E-state index contributed by atoms with van der Waals surface area (Å²) in [4.78, 5) is 3.31. The van der Waals surface area contributed by atoms with Crippen LogP contribution >= 0.6 is 12.2 Å². The molecule has 0 aromatic heterocycles. The number of likely N-dealkylation sites (tertiary alicyclic amines) is 1. The molecule has 1 aliphatic heterocycles. The van der Waals surface area contributed by atoms with Crippen LogP contribution in [0.5, 0.6) is 0 Å². The summed E-state index contributed by atoms with van der Waals surface area (Å²) in [6.07, 6.45) is 5.34. The molecule has 1 unspecified atom stereocenters. The third-order valence-electron chi connectivity index (χ3n) is 6.60. The fourth-order valence-electron chi connectivity index (χ4n) is 4.72. The molecule has 0 spiro atoms. The molecule has 118 valence electrons. The van der Waals surface area contributed by atoms with E-state index >= 15 is 0 Å². The number of rotatable bonds is 3. The second kappa shape index (κ2) is 5.04. The first-order valence-corrected chi connectivity index (χ1v) is 9.07. The summed E-state index contributed by atoms with van der Waals surface area (Å²) in [5, 5.41) is 0. The molecule has 3 atom stereocenters. The molecule has 0 amide bonds. The molecule has 0 radical (unpaired) electrons. The smallest absolute Gasteiger partial charge is 0.103 e. The van der Waals surface area contributed by atoms with Crippen molar-refractivity contribution >= 4 is 17.2 Å². The van der Waals surface area contributed by atoms with Gasteiger partial charge in [0.05, 0.1) is 0 Å². The standard InChI is InChI=1S/C19H26N2S/c1-12-17-10-14-5-6-15(18(20)22)9-16(14)19(12,2)7-8-21(17)11-13-3-4-13/h5-6,9,12-13,17H,3-4,7-8,10-11H2,1-2H3,(H2,20,22)/t12?,17-,19-/m1/s1. The van der Waals surface area contributed by atoms with Crippen LogP contribution in [0.2, 0.25) is 0 Å². The van der Waals surface area contributed by atoms with E-state index in [2.05, 4.69) is 36.9 Å². The molecule has 1 saturated heterocycles. The van der Waals surface area contributed by atoms with Gasteiger partial charge in [-0.05, 0) is 66.7 Å². The summed E-state index contributed by atoms with van der Waals surface area (Å²) < 4.78 is 0. The Balaban J connectivity index is 1.72. The van der Waals surface area contributed by atoms with Gasteiger partial charge in [0, 0.05) is 18.2 Å². The largest absolute Gasteiger partial charge is 0.389 e. The van der Waals surface area contributed by atoms with Gasteiger partial charge in [0.2, 0.25) is 0 Å². The molecule has 4 rings (SSSR count). The van der Waals surface area contributed by atoms with Crippen molar-refractivity contribution in [2.75, 3.05) is 13.1 Å². The zero-order valence-electron chi connectivity index (χ0n) is 13.6. The molecule has 1 aromatic carbocycles. The maximum atomic E-state index is 5.86. The number of nitrogens with zero attached hydrogens (tertiary/aromatic N) is 1. The Morgan fingerprint density at radius 1 is 1.41 bits per heavy atom. The van der Waals surface area contributed by atoms with E-state index in [-0.39, 0.29) is 5.41 Å². The molecule has 22 heavy (non-hydrogen) atoms. The Hall–Kier alpha value is -0.930. The fourth-order valence-corrected chi connectivity index (χ4v) is 4.85. The van der Waals surface area contributed by atoms with Crippen LogP contribution < -0.4 is 5.73 Å². The first-order chi connectivity index (χ1) is 10.5. The lowest BCUT2D eigenvalue weighted by atomic mass is 9.59. The molecule has 2 aliphatic carbocycles. The van der Waals surface area contributed by atoms with E-state index in [9.17, 15) is 0 Å². The van der Waals surface area contributed by atoms with Crippen molar-refractivity contribution in [2.24, 2.45) is 17.6 Å². The summed E-state index contributed by atoms with van der Waals surface area (Å²) in [5.41, 5.74) is 10.2. The van der Waals surface area contributed by atoms with E-state index in [1.807, 2.05) is 0 Å². The summed E-state index contributed by atoms with van der Waals surface area (Å²) in [6, 6.07) is 7.38. The van der Waals surface area contributed by atoms with Gasteiger partial charge in [0.1, 0.15) is 4.99 Å². The van der Waals surface area contributed by atoms with Crippen LogP contribution in [0.4, 0.5) is 0 Å². The molecular weight excluding hydrogens is 288 g/mol. The lowest BCUT2D eigenvalue weighted by Gasteiger charge is -2.55. The zero-order valence-corrected chi connectivity index (χ0v) is 14.5. The molecule has 2 N–H and O–H groups in total. The molecular formula is C19H26N2S. The van der Waals surface area contributed by atoms with Gasteiger partial charge >= 0.3 is 0 Å². The Kier molecular flexibility index (Phi) is 3.35. The first-order valence-electron chi connectivity index (χ1n) is 8.66. The Morgan fingerprint density at radius 2 is 2.18 bits per heavy atom. The van der Waals surface area contributed by atoms with Crippen LogP contribution in [0.1, 0.15) is 49.8 Å². The predicted molar refractivity (Wildman–Crippen MR) is 95.3 cm³/mol. The quantitative estimate of drug-likeness (QED) is 0.868. The van der Waals surface area contributed by atoms with E-state index < -0.39 is 0 Å². The van der Waals surface area contributed by atoms with Gasteiger partial charge in [-0.1, -0.05) is 38.2 Å². The first kappa shape index (κ1) is 14.6. The molecule has 3 heteroatoms. The van der Waals surface area contributed by atoms with Crippen molar-refractivity contribution in [3.8, 4) is 0 Å². The minimum absolute atomic E-state index is 0.277. The number of hydrogen-bond donors (Lipinski definition) is 1. The van der Waals surface area contributed by atoms with Gasteiger partial charge in [0.25, 0.3) is 0 Å². The summed E-state index contributed by atoms with van der Waals surface area (Å²) >= 11 is 5.19. The summed E-state index contributed by atoms with van der Waals surface area (Å²) in [7, 11) is 0. The van der Waals surface area contributed by atoms with Gasteiger partial charge in [-0.3, -0.25) is 4.90 Å². The van der Waals surface area contributed by atoms with Crippen LogP contribution in [0.3, 0.4) is 0 Å². The topological polar surface area (TPSA) is 29.3 Å². The van der Waals surface area contributed by atoms with Crippen LogP contribution in [0, 0.1) is 11.8 Å². The number of piperidine rings is 1. The van der Waals surface area contributed by atoms with Gasteiger partial charge in [-0.25, -0.2) is 0 Å². The summed E-state index contributed by atoms with van der Waals surface area (Å²) in [6.45, 7) is 7.49. The lowest BCUT2D eigenvalue weighted by Crippen LogP contribution is -2.58. The number of thiocarbonyl (C=S) groups is 1. The second-order valence-corrected chi connectivity index (χ2v) is 8.34. The van der Waals surface area contributed by atoms with Crippen molar-refractivity contribution in [1.82, 2.24) is 4.90 Å². The fraction of sp³-hybridized carbons (Fsp3) is 0.632. The predicted octanol–water partition coefficient (Wildman–Crippen LogP) is 3.26. The van der Waals surface area contributed by atoms with Gasteiger partial charge in [-0.15, -0.1) is 0 Å². The molecule has 2 bridgehead atoms. The van der Waals surface area contributed by atoms with Crippen molar-refractivity contribution < 1.29 is 0 Å². The number of fused-ring (bicyclic) bond motifs is 4.